The molecule has 0 bridgehead atoms. The van der Waals surface area contributed by atoms with E-state index >= 15 is 0 Å². The van der Waals surface area contributed by atoms with Crippen LogP contribution in [0.2, 0.25) is 0 Å². The molecule has 0 unspecified atom stereocenters. The summed E-state index contributed by atoms with van der Waals surface area (Å²) in [5.74, 6) is 0. The zero-order valence-corrected chi connectivity index (χ0v) is 14.8. The second-order valence-electron chi connectivity index (χ2n) is 6.68. The van der Waals surface area contributed by atoms with Gasteiger partial charge in [0, 0.05) is 31.8 Å². The summed E-state index contributed by atoms with van der Waals surface area (Å²) < 4.78 is 2.69. The molecular weight excluding hydrogens is 334 g/mol. The lowest BCUT2D eigenvalue weighted by molar-refractivity contribution is 1.57. The van der Waals surface area contributed by atoms with Gasteiger partial charge in [-0.25, -0.2) is 0 Å². The van der Waals surface area contributed by atoms with Gasteiger partial charge in [-0.15, -0.1) is 11.3 Å². The first-order valence-corrected chi connectivity index (χ1v) is 9.62. The van der Waals surface area contributed by atoms with Gasteiger partial charge >= 0.3 is 0 Å². The van der Waals surface area contributed by atoms with E-state index in [9.17, 15) is 0 Å². The molecule has 2 heteroatoms. The minimum atomic E-state index is 1.20. The maximum atomic E-state index is 3.70. The van der Waals surface area contributed by atoms with E-state index in [0.29, 0.717) is 0 Å². The molecule has 1 N–H and O–H groups in total. The van der Waals surface area contributed by atoms with Crippen LogP contribution in [0.15, 0.2) is 84.9 Å². The van der Waals surface area contributed by atoms with Crippen LogP contribution in [0.1, 0.15) is 0 Å². The van der Waals surface area contributed by atoms with Crippen molar-refractivity contribution in [2.24, 2.45) is 0 Å². The Morgan fingerprint density at radius 2 is 1.42 bits per heavy atom. The fraction of sp³-hybridized carbons (Fsp3) is 0. The summed E-state index contributed by atoms with van der Waals surface area (Å²) in [6.45, 7) is 0. The first-order valence-electron chi connectivity index (χ1n) is 8.80. The molecule has 0 aliphatic heterocycles. The molecule has 0 aliphatic rings. The van der Waals surface area contributed by atoms with E-state index in [2.05, 4.69) is 89.9 Å². The Labute approximate surface area is 154 Å². The second-order valence-corrected chi connectivity index (χ2v) is 7.73. The van der Waals surface area contributed by atoms with E-state index in [0.717, 1.165) is 0 Å². The zero-order valence-electron chi connectivity index (χ0n) is 14.0. The van der Waals surface area contributed by atoms with Gasteiger partial charge in [-0.2, -0.15) is 0 Å². The molecule has 1 nitrogen and oxygen atoms in total. The first kappa shape index (κ1) is 14.1. The summed E-state index contributed by atoms with van der Waals surface area (Å²) in [5.41, 5.74) is 5.00. The van der Waals surface area contributed by atoms with Crippen molar-refractivity contribution in [3.8, 4) is 11.1 Å². The highest BCUT2D eigenvalue weighted by molar-refractivity contribution is 7.26. The molecule has 6 rings (SSSR count). The van der Waals surface area contributed by atoms with Crippen LogP contribution in [-0.2, 0) is 0 Å². The third kappa shape index (κ3) is 1.85. The highest BCUT2D eigenvalue weighted by Crippen LogP contribution is 2.42. The third-order valence-corrected chi connectivity index (χ3v) is 6.43. The number of H-pyrrole nitrogens is 1. The van der Waals surface area contributed by atoms with E-state index in [-0.39, 0.29) is 0 Å². The van der Waals surface area contributed by atoms with Gasteiger partial charge in [0.25, 0.3) is 0 Å². The van der Waals surface area contributed by atoms with Crippen LogP contribution in [-0.4, -0.2) is 4.98 Å². The predicted molar refractivity (Wildman–Crippen MR) is 114 cm³/mol. The Kier molecular flexibility index (Phi) is 2.82. The molecule has 6 aromatic rings. The average molecular weight is 349 g/mol. The van der Waals surface area contributed by atoms with Crippen molar-refractivity contribution in [3.05, 3.63) is 84.9 Å². The van der Waals surface area contributed by atoms with Gasteiger partial charge in [0.1, 0.15) is 0 Å². The number of hydrogen-bond donors (Lipinski definition) is 1. The standard InChI is InChI=1S/C24H15NS/c1-2-7-15(8-3-1)16-10-6-11-20-22(16)19-14-13-18-17-9-4-5-12-21(17)26-24(18)23(19)25-20/h1-14,25H. The normalized spacial score (nSPS) is 11.8. The molecule has 0 aliphatic carbocycles. The van der Waals surface area contributed by atoms with Crippen LogP contribution in [0.3, 0.4) is 0 Å². The van der Waals surface area contributed by atoms with Crippen LogP contribution in [0.4, 0.5) is 0 Å². The molecule has 0 saturated heterocycles. The molecule has 2 aromatic heterocycles. The summed E-state index contributed by atoms with van der Waals surface area (Å²) in [6, 6.07) is 30.4. The third-order valence-electron chi connectivity index (χ3n) is 5.23. The highest BCUT2D eigenvalue weighted by Gasteiger charge is 2.14. The van der Waals surface area contributed by atoms with Gasteiger partial charge in [-0.3, -0.25) is 0 Å². The van der Waals surface area contributed by atoms with Crippen LogP contribution >= 0.6 is 11.3 Å². The predicted octanol–water partition coefficient (Wildman–Crippen LogP) is 7.36. The van der Waals surface area contributed by atoms with Crippen molar-refractivity contribution < 1.29 is 0 Å². The topological polar surface area (TPSA) is 15.8 Å². The zero-order chi connectivity index (χ0) is 17.1. The minimum absolute atomic E-state index is 1.20. The molecule has 0 radical (unpaired) electrons. The molecule has 0 atom stereocenters. The fourth-order valence-corrected chi connectivity index (χ4v) is 5.27. The van der Waals surface area contributed by atoms with Crippen LogP contribution in [0, 0.1) is 0 Å². The summed E-state index contributed by atoms with van der Waals surface area (Å²) in [6.07, 6.45) is 0. The second kappa shape index (κ2) is 5.20. The maximum absolute atomic E-state index is 3.70. The van der Waals surface area contributed by atoms with Gasteiger partial charge < -0.3 is 4.98 Å². The van der Waals surface area contributed by atoms with Gasteiger partial charge in [0.15, 0.2) is 0 Å². The van der Waals surface area contributed by atoms with E-state index < -0.39 is 0 Å². The molecule has 26 heavy (non-hydrogen) atoms. The number of rotatable bonds is 1. The minimum Gasteiger partial charge on any atom is -0.353 e. The van der Waals surface area contributed by atoms with Crippen LogP contribution in [0.25, 0.3) is 53.1 Å². The molecule has 0 amide bonds. The fourth-order valence-electron chi connectivity index (χ4n) is 4.06. The number of fused-ring (bicyclic) bond motifs is 7. The summed E-state index contributed by atoms with van der Waals surface area (Å²) in [5, 5.41) is 5.30. The quantitative estimate of drug-likeness (QED) is 0.319. The maximum Gasteiger partial charge on any atom is 0.0646 e. The SMILES string of the molecule is c1ccc(-c2cccc3[nH]c4c(ccc5c6ccccc6sc54)c23)cc1. The number of nitrogens with one attached hydrogen (secondary N) is 1. The average Bonchev–Trinajstić information content (AvgIpc) is 3.26. The van der Waals surface area contributed by atoms with Crippen LogP contribution in [0.5, 0.6) is 0 Å². The summed E-state index contributed by atoms with van der Waals surface area (Å²) in [7, 11) is 0. The molecular formula is C24H15NS. The molecule has 0 fully saturated rings. The largest absolute Gasteiger partial charge is 0.353 e. The Morgan fingerprint density at radius 3 is 2.35 bits per heavy atom. The lowest BCUT2D eigenvalue weighted by Crippen LogP contribution is -1.78. The Bertz CT molecular complexity index is 1420. The lowest BCUT2D eigenvalue weighted by Gasteiger charge is -2.04. The van der Waals surface area contributed by atoms with Crippen molar-refractivity contribution in [1.29, 1.82) is 0 Å². The first-order chi connectivity index (χ1) is 12.9. The van der Waals surface area contributed by atoms with Crippen molar-refractivity contribution in [2.45, 2.75) is 0 Å². The Balaban J connectivity index is 1.79. The number of hydrogen-bond acceptors (Lipinski definition) is 1. The summed E-state index contributed by atoms with van der Waals surface area (Å²) >= 11 is 1.88. The Hall–Kier alpha value is -3.10. The van der Waals surface area contributed by atoms with Gasteiger partial charge in [-0.05, 0) is 23.3 Å². The summed E-state index contributed by atoms with van der Waals surface area (Å²) in [4.78, 5) is 3.70. The molecule has 4 aromatic carbocycles. The van der Waals surface area contributed by atoms with Crippen LogP contribution < -0.4 is 0 Å². The van der Waals surface area contributed by atoms with Crippen molar-refractivity contribution >= 4 is 53.3 Å². The number of benzene rings is 4. The smallest absolute Gasteiger partial charge is 0.0646 e. The van der Waals surface area contributed by atoms with E-state index in [4.69, 9.17) is 0 Å². The number of thiophene rings is 1. The number of aromatic amines is 1. The Morgan fingerprint density at radius 1 is 0.615 bits per heavy atom. The number of aromatic nitrogens is 1. The van der Waals surface area contributed by atoms with Crippen molar-refractivity contribution in [3.63, 3.8) is 0 Å². The van der Waals surface area contributed by atoms with E-state index in [1.54, 1.807) is 0 Å². The van der Waals surface area contributed by atoms with E-state index in [1.807, 2.05) is 11.3 Å². The van der Waals surface area contributed by atoms with Crippen molar-refractivity contribution in [1.82, 2.24) is 4.98 Å². The van der Waals surface area contributed by atoms with Gasteiger partial charge in [0.2, 0.25) is 0 Å². The highest BCUT2D eigenvalue weighted by atomic mass is 32.1. The lowest BCUT2D eigenvalue weighted by atomic mass is 9.99. The van der Waals surface area contributed by atoms with Crippen molar-refractivity contribution in [2.75, 3.05) is 0 Å². The molecule has 0 saturated carbocycles. The molecule has 0 spiro atoms. The molecule has 2 heterocycles. The van der Waals surface area contributed by atoms with E-state index in [1.165, 1.54) is 53.1 Å². The van der Waals surface area contributed by atoms with Gasteiger partial charge in [0.05, 0.1) is 10.2 Å². The molecule has 122 valence electrons. The van der Waals surface area contributed by atoms with Gasteiger partial charge in [-0.1, -0.05) is 72.8 Å². The monoisotopic (exact) mass is 349 g/mol.